The van der Waals surface area contributed by atoms with Crippen LogP contribution in [0.1, 0.15) is 35.1 Å². The number of hydrogen-bond donors (Lipinski definition) is 1. The summed E-state index contributed by atoms with van der Waals surface area (Å²) >= 11 is 1.12. The number of benzene rings is 4. The van der Waals surface area contributed by atoms with E-state index in [1.54, 1.807) is 31.2 Å². The van der Waals surface area contributed by atoms with Gasteiger partial charge in [0.05, 0.1) is 34.3 Å². The fourth-order valence-corrected chi connectivity index (χ4v) is 6.58. The molecule has 8 nitrogen and oxygen atoms in total. The topological polar surface area (TPSA) is 117 Å². The zero-order chi connectivity index (χ0) is 32.8. The predicted octanol–water partition coefficient (Wildman–Crippen LogP) is 5.06. The first kappa shape index (κ1) is 31.1. The van der Waals surface area contributed by atoms with E-state index >= 15 is 0 Å². The van der Waals surface area contributed by atoms with Gasteiger partial charge in [0.2, 0.25) is 0 Å². The van der Waals surface area contributed by atoms with Gasteiger partial charge in [0.25, 0.3) is 5.56 Å². The average Bonchev–Trinajstić information content (AvgIpc) is 3.43. The number of carbonyl (C=O) groups is 1. The van der Waals surface area contributed by atoms with E-state index in [1.165, 1.54) is 4.57 Å². The predicted molar refractivity (Wildman–Crippen MR) is 182 cm³/mol. The minimum absolute atomic E-state index is 0.0364. The molecule has 0 saturated heterocycles. The van der Waals surface area contributed by atoms with Crippen molar-refractivity contribution in [3.05, 3.63) is 157 Å². The number of ether oxygens (including phenoxy) is 3. The number of allylic oxidation sites excluding steroid dienone is 1. The number of esters is 1. The van der Waals surface area contributed by atoms with Crippen LogP contribution in [0.5, 0.6) is 11.5 Å². The van der Waals surface area contributed by atoms with Crippen LogP contribution >= 0.6 is 11.3 Å². The van der Waals surface area contributed by atoms with Gasteiger partial charge in [-0.2, -0.15) is 5.26 Å². The first-order valence-corrected chi connectivity index (χ1v) is 15.9. The Hall–Kier alpha value is -5.85. The Morgan fingerprint density at radius 1 is 0.915 bits per heavy atom. The molecule has 1 atom stereocenters. The molecular weight excluding hydrogens is 611 g/mol. The molecule has 0 fully saturated rings. The number of nitrogens with two attached hydrogens (primary N) is 1. The lowest BCUT2D eigenvalue weighted by atomic mass is 9.84. The average molecular weight is 642 g/mol. The van der Waals surface area contributed by atoms with Crippen molar-refractivity contribution in [1.82, 2.24) is 4.57 Å². The fraction of sp³-hybridized carbons (Fsp3) is 0.132. The zero-order valence-electron chi connectivity index (χ0n) is 25.6. The second-order valence-corrected chi connectivity index (χ2v) is 11.7. The molecule has 1 aliphatic rings. The molecule has 0 bridgehead atoms. The molecule has 0 radical (unpaired) electrons. The van der Waals surface area contributed by atoms with Gasteiger partial charge in [0, 0.05) is 5.56 Å². The summed E-state index contributed by atoms with van der Waals surface area (Å²) in [6.45, 7) is 2.50. The maximum absolute atomic E-state index is 13.9. The minimum Gasteiger partial charge on any atom is -0.489 e. The summed E-state index contributed by atoms with van der Waals surface area (Å²) in [4.78, 5) is 27.6. The highest BCUT2D eigenvalue weighted by atomic mass is 32.1. The highest BCUT2D eigenvalue weighted by Gasteiger charge is 2.36. The zero-order valence-corrected chi connectivity index (χ0v) is 26.4. The van der Waals surface area contributed by atoms with Gasteiger partial charge < -0.3 is 19.9 Å². The maximum atomic E-state index is 13.9. The Bertz CT molecular complexity index is 2180. The maximum Gasteiger partial charge on any atom is 0.338 e. The second kappa shape index (κ2) is 14.1. The Balaban J connectivity index is 1.46. The number of nitriles is 1. The highest BCUT2D eigenvalue weighted by Crippen LogP contribution is 2.38. The van der Waals surface area contributed by atoms with Gasteiger partial charge in [-0.1, -0.05) is 91.0 Å². The summed E-state index contributed by atoms with van der Waals surface area (Å²) in [5.74, 6) is -0.410. The second-order valence-electron chi connectivity index (χ2n) is 10.7. The van der Waals surface area contributed by atoms with Crippen LogP contribution in [0.25, 0.3) is 17.5 Å². The largest absolute Gasteiger partial charge is 0.489 e. The smallest absolute Gasteiger partial charge is 0.338 e. The molecule has 2 N–H and O–H groups in total. The van der Waals surface area contributed by atoms with Crippen LogP contribution in [0.4, 0.5) is 0 Å². The molecular formula is C38H31N3O5S. The van der Waals surface area contributed by atoms with Crippen molar-refractivity contribution in [1.29, 1.82) is 5.26 Å². The van der Waals surface area contributed by atoms with Gasteiger partial charge in [-0.05, 0) is 47.9 Å². The molecule has 234 valence electrons. The van der Waals surface area contributed by atoms with Gasteiger partial charge >= 0.3 is 5.97 Å². The van der Waals surface area contributed by atoms with E-state index in [0.717, 1.165) is 22.5 Å². The Morgan fingerprint density at radius 3 is 2.26 bits per heavy atom. The van der Waals surface area contributed by atoms with E-state index in [9.17, 15) is 14.9 Å². The molecule has 1 aliphatic heterocycles. The van der Waals surface area contributed by atoms with Crippen molar-refractivity contribution in [3.63, 3.8) is 0 Å². The molecule has 4 aromatic carbocycles. The number of para-hydroxylation sites is 1. The fourth-order valence-electron chi connectivity index (χ4n) is 5.42. The van der Waals surface area contributed by atoms with E-state index in [1.807, 2.05) is 91.0 Å². The molecule has 1 unspecified atom stereocenters. The number of rotatable bonds is 10. The van der Waals surface area contributed by atoms with Crippen LogP contribution in [0.2, 0.25) is 0 Å². The molecule has 1 aromatic heterocycles. The Kier molecular flexibility index (Phi) is 9.32. The molecule has 6 rings (SSSR count). The summed E-state index contributed by atoms with van der Waals surface area (Å²) in [7, 11) is 0. The SMILES string of the molecule is CCOC(=O)C1=c2sc(=Cc3ccccc3OCc3ccccc3)c(=O)n2C(N)=C(C#N)C1c1cccc(OCc2ccccc2)c1. The van der Waals surface area contributed by atoms with Crippen molar-refractivity contribution in [3.8, 4) is 17.6 Å². The van der Waals surface area contributed by atoms with Crippen molar-refractivity contribution in [2.45, 2.75) is 26.1 Å². The number of hydrogen-bond acceptors (Lipinski definition) is 8. The number of aromatic nitrogens is 1. The lowest BCUT2D eigenvalue weighted by Crippen LogP contribution is -2.40. The van der Waals surface area contributed by atoms with Crippen molar-refractivity contribution < 1.29 is 19.0 Å². The Morgan fingerprint density at radius 2 is 1.57 bits per heavy atom. The quantitative estimate of drug-likeness (QED) is 0.212. The third-order valence-electron chi connectivity index (χ3n) is 7.65. The van der Waals surface area contributed by atoms with E-state index in [0.29, 0.717) is 45.0 Å². The molecule has 5 aromatic rings. The van der Waals surface area contributed by atoms with Crippen LogP contribution < -0.4 is 30.0 Å². The molecule has 0 saturated carbocycles. The summed E-state index contributed by atoms with van der Waals surface area (Å²) < 4.78 is 19.5. The summed E-state index contributed by atoms with van der Waals surface area (Å²) in [5, 5.41) is 10.4. The summed E-state index contributed by atoms with van der Waals surface area (Å²) in [6.07, 6.45) is 1.72. The third-order valence-corrected chi connectivity index (χ3v) is 8.75. The number of nitrogens with zero attached hydrogens (tertiary/aromatic N) is 2. The summed E-state index contributed by atoms with van der Waals surface area (Å²) in [6, 6.07) is 36.3. The monoisotopic (exact) mass is 641 g/mol. The van der Waals surface area contributed by atoms with Gasteiger partial charge in [-0.15, -0.1) is 11.3 Å². The lowest BCUT2D eigenvalue weighted by molar-refractivity contribution is -0.136. The first-order valence-electron chi connectivity index (χ1n) is 15.1. The molecule has 0 amide bonds. The van der Waals surface area contributed by atoms with Crippen LogP contribution in [0.15, 0.2) is 120 Å². The third kappa shape index (κ3) is 6.59. The highest BCUT2D eigenvalue weighted by molar-refractivity contribution is 7.07. The van der Waals surface area contributed by atoms with E-state index in [4.69, 9.17) is 19.9 Å². The molecule has 9 heteroatoms. The summed E-state index contributed by atoms with van der Waals surface area (Å²) in [5.41, 5.74) is 9.64. The number of fused-ring (bicyclic) bond motifs is 1. The van der Waals surface area contributed by atoms with Gasteiger partial charge in [0.1, 0.15) is 35.2 Å². The normalized spacial score (nSPS) is 14.3. The van der Waals surface area contributed by atoms with Crippen LogP contribution in [-0.2, 0) is 22.7 Å². The van der Waals surface area contributed by atoms with Gasteiger partial charge in [-0.3, -0.25) is 9.36 Å². The van der Waals surface area contributed by atoms with Crippen molar-refractivity contribution >= 4 is 34.8 Å². The van der Waals surface area contributed by atoms with Gasteiger partial charge in [0.15, 0.2) is 0 Å². The van der Waals surface area contributed by atoms with E-state index in [2.05, 4.69) is 6.07 Å². The van der Waals surface area contributed by atoms with E-state index < -0.39 is 17.4 Å². The molecule has 2 heterocycles. The molecule has 0 aliphatic carbocycles. The Labute approximate surface area is 275 Å². The van der Waals surface area contributed by atoms with Crippen LogP contribution in [0, 0.1) is 11.3 Å². The first-order chi connectivity index (χ1) is 23.0. The standard InChI is InChI=1S/C38H31N3O5S/c1-2-44-38(43)34-33(28-17-11-18-29(20-28)45-23-25-12-5-3-6-13-25)30(22-39)35(40)41-36(42)32(47-37(34)41)21-27-16-9-10-19-31(27)46-24-26-14-7-4-8-15-26/h3-21,33H,2,23-24,40H2,1H3. The van der Waals surface area contributed by atoms with E-state index in [-0.39, 0.29) is 23.6 Å². The minimum atomic E-state index is -0.883. The molecule has 0 spiro atoms. The van der Waals surface area contributed by atoms with Crippen LogP contribution in [-0.4, -0.2) is 17.1 Å². The lowest BCUT2D eigenvalue weighted by Gasteiger charge is -2.25. The van der Waals surface area contributed by atoms with Crippen LogP contribution in [0.3, 0.4) is 0 Å². The number of carbonyl (C=O) groups excluding carboxylic acids is 1. The molecule has 47 heavy (non-hydrogen) atoms. The van der Waals surface area contributed by atoms with Crippen molar-refractivity contribution in [2.75, 3.05) is 6.61 Å². The van der Waals surface area contributed by atoms with Gasteiger partial charge in [-0.25, -0.2) is 4.79 Å². The van der Waals surface area contributed by atoms with Crippen molar-refractivity contribution in [2.24, 2.45) is 5.73 Å². The number of thiazole rings is 1.